The number of sulfone groups is 1. The molecule has 1 saturated heterocycles. The van der Waals surface area contributed by atoms with Crippen molar-refractivity contribution in [2.75, 3.05) is 33.1 Å². The Kier molecular flexibility index (Phi) is 4.82. The van der Waals surface area contributed by atoms with Crippen LogP contribution < -0.4 is 0 Å². The lowest BCUT2D eigenvalue weighted by molar-refractivity contribution is -0.151. The monoisotopic (exact) mass is 327 g/mol. The number of benzene rings is 1. The van der Waals surface area contributed by atoms with Crippen LogP contribution in [-0.4, -0.2) is 64.4 Å². The SMILES string of the molecule is COC(=O)[C@H]1COCCN1C(=O)c1cccc(S(C)(=O)=O)c1. The second kappa shape index (κ2) is 6.45. The molecule has 1 heterocycles. The summed E-state index contributed by atoms with van der Waals surface area (Å²) >= 11 is 0. The van der Waals surface area contributed by atoms with Crippen molar-refractivity contribution in [1.82, 2.24) is 4.90 Å². The zero-order chi connectivity index (χ0) is 16.3. The van der Waals surface area contributed by atoms with E-state index in [9.17, 15) is 18.0 Å². The van der Waals surface area contributed by atoms with E-state index in [4.69, 9.17) is 4.74 Å². The van der Waals surface area contributed by atoms with E-state index in [0.717, 1.165) is 6.26 Å². The van der Waals surface area contributed by atoms with Gasteiger partial charge in [0.15, 0.2) is 15.9 Å². The number of carbonyl (C=O) groups is 2. The van der Waals surface area contributed by atoms with Crippen LogP contribution in [0.3, 0.4) is 0 Å². The highest BCUT2D eigenvalue weighted by Gasteiger charge is 2.34. The summed E-state index contributed by atoms with van der Waals surface area (Å²) < 4.78 is 33.1. The highest BCUT2D eigenvalue weighted by Crippen LogP contribution is 2.17. The van der Waals surface area contributed by atoms with Gasteiger partial charge in [-0.05, 0) is 18.2 Å². The predicted octanol–water partition coefficient (Wildman–Crippen LogP) is 0.104. The molecule has 1 aliphatic rings. The van der Waals surface area contributed by atoms with Gasteiger partial charge in [-0.15, -0.1) is 0 Å². The number of amides is 1. The number of hydrogen-bond donors (Lipinski definition) is 0. The molecule has 120 valence electrons. The van der Waals surface area contributed by atoms with E-state index in [1.807, 2.05) is 0 Å². The van der Waals surface area contributed by atoms with E-state index in [-0.39, 0.29) is 23.6 Å². The Balaban J connectivity index is 2.32. The average molecular weight is 327 g/mol. The molecule has 0 spiro atoms. The third kappa shape index (κ3) is 3.45. The van der Waals surface area contributed by atoms with E-state index >= 15 is 0 Å². The Labute approximate surface area is 128 Å². The first kappa shape index (κ1) is 16.4. The van der Waals surface area contributed by atoms with Gasteiger partial charge in [0.05, 0.1) is 25.2 Å². The first-order valence-electron chi connectivity index (χ1n) is 6.61. The zero-order valence-electron chi connectivity index (χ0n) is 12.3. The Morgan fingerprint density at radius 2 is 2.09 bits per heavy atom. The van der Waals surface area contributed by atoms with Crippen LogP contribution >= 0.6 is 0 Å². The molecule has 1 atom stereocenters. The van der Waals surface area contributed by atoms with Gasteiger partial charge in [0.1, 0.15) is 0 Å². The van der Waals surface area contributed by atoms with Crippen LogP contribution in [0.25, 0.3) is 0 Å². The van der Waals surface area contributed by atoms with E-state index in [0.29, 0.717) is 6.61 Å². The van der Waals surface area contributed by atoms with Crippen LogP contribution in [0, 0.1) is 0 Å². The van der Waals surface area contributed by atoms with Crippen molar-refractivity contribution in [2.24, 2.45) is 0 Å². The molecule has 0 N–H and O–H groups in total. The topological polar surface area (TPSA) is 90.0 Å². The van der Waals surface area contributed by atoms with Crippen LogP contribution in [-0.2, 0) is 24.1 Å². The molecule has 0 aromatic heterocycles. The summed E-state index contributed by atoms with van der Waals surface area (Å²) in [6, 6.07) is 4.91. The normalized spacial score (nSPS) is 18.8. The number of rotatable bonds is 3. The van der Waals surface area contributed by atoms with Crippen molar-refractivity contribution in [2.45, 2.75) is 10.9 Å². The Morgan fingerprint density at radius 3 is 2.73 bits per heavy atom. The van der Waals surface area contributed by atoms with Gasteiger partial charge in [0.2, 0.25) is 0 Å². The summed E-state index contributed by atoms with van der Waals surface area (Å²) in [6.07, 6.45) is 1.07. The van der Waals surface area contributed by atoms with Gasteiger partial charge in [0, 0.05) is 18.4 Å². The van der Waals surface area contributed by atoms with Gasteiger partial charge in [-0.1, -0.05) is 6.07 Å². The molecule has 8 heteroatoms. The van der Waals surface area contributed by atoms with Crippen LogP contribution in [0.4, 0.5) is 0 Å². The minimum Gasteiger partial charge on any atom is -0.467 e. The van der Waals surface area contributed by atoms with Gasteiger partial charge in [-0.25, -0.2) is 13.2 Å². The molecule has 22 heavy (non-hydrogen) atoms. The van der Waals surface area contributed by atoms with Crippen molar-refractivity contribution in [1.29, 1.82) is 0 Å². The number of ether oxygens (including phenoxy) is 2. The summed E-state index contributed by atoms with van der Waals surface area (Å²) in [5.41, 5.74) is 0.207. The summed E-state index contributed by atoms with van der Waals surface area (Å²) in [5, 5.41) is 0. The van der Waals surface area contributed by atoms with E-state index in [1.54, 1.807) is 0 Å². The van der Waals surface area contributed by atoms with Gasteiger partial charge >= 0.3 is 5.97 Å². The first-order chi connectivity index (χ1) is 10.3. The maximum absolute atomic E-state index is 12.6. The molecule has 2 rings (SSSR count). The lowest BCUT2D eigenvalue weighted by Crippen LogP contribution is -2.53. The van der Waals surface area contributed by atoms with Crippen LogP contribution in [0.2, 0.25) is 0 Å². The fourth-order valence-corrected chi connectivity index (χ4v) is 2.87. The molecule has 0 unspecified atom stereocenters. The molecule has 0 saturated carbocycles. The number of methoxy groups -OCH3 is 1. The lowest BCUT2D eigenvalue weighted by atomic mass is 10.1. The fraction of sp³-hybridized carbons (Fsp3) is 0.429. The summed E-state index contributed by atoms with van der Waals surface area (Å²) in [4.78, 5) is 25.7. The van der Waals surface area contributed by atoms with E-state index in [2.05, 4.69) is 4.74 Å². The van der Waals surface area contributed by atoms with Crippen molar-refractivity contribution < 1.29 is 27.5 Å². The van der Waals surface area contributed by atoms with Crippen molar-refractivity contribution in [3.05, 3.63) is 29.8 Å². The molecule has 7 nitrogen and oxygen atoms in total. The second-order valence-corrected chi connectivity index (χ2v) is 6.93. The summed E-state index contributed by atoms with van der Waals surface area (Å²) in [7, 11) is -2.17. The Hall–Kier alpha value is -1.93. The van der Waals surface area contributed by atoms with Gasteiger partial charge in [-0.2, -0.15) is 0 Å². The van der Waals surface area contributed by atoms with Crippen molar-refractivity contribution in [3.63, 3.8) is 0 Å². The maximum atomic E-state index is 12.6. The largest absolute Gasteiger partial charge is 0.467 e. The highest BCUT2D eigenvalue weighted by atomic mass is 32.2. The van der Waals surface area contributed by atoms with Gasteiger partial charge < -0.3 is 14.4 Å². The molecule has 1 aromatic carbocycles. The van der Waals surface area contributed by atoms with Crippen molar-refractivity contribution in [3.8, 4) is 0 Å². The third-order valence-electron chi connectivity index (χ3n) is 3.37. The number of nitrogens with zero attached hydrogens (tertiary/aromatic N) is 1. The molecule has 0 aliphatic carbocycles. The highest BCUT2D eigenvalue weighted by molar-refractivity contribution is 7.90. The summed E-state index contributed by atoms with van der Waals surface area (Å²) in [6.45, 7) is 0.608. The standard InChI is InChI=1S/C14H17NO6S/c1-20-14(17)12-9-21-7-6-15(12)13(16)10-4-3-5-11(8-10)22(2,18)19/h3-5,8,12H,6-7,9H2,1-2H3/t12-/m1/s1. The molecular formula is C14H17NO6S. The molecule has 1 aromatic rings. The Bertz CT molecular complexity index is 684. The van der Waals surface area contributed by atoms with Gasteiger partial charge in [0.25, 0.3) is 5.91 Å². The van der Waals surface area contributed by atoms with Crippen molar-refractivity contribution >= 4 is 21.7 Å². The molecule has 1 amide bonds. The number of morpholine rings is 1. The molecule has 1 aliphatic heterocycles. The maximum Gasteiger partial charge on any atom is 0.331 e. The van der Waals surface area contributed by atoms with Crippen LogP contribution in [0.1, 0.15) is 10.4 Å². The average Bonchev–Trinajstić information content (AvgIpc) is 2.52. The Morgan fingerprint density at radius 1 is 1.36 bits per heavy atom. The second-order valence-electron chi connectivity index (χ2n) is 4.91. The van der Waals surface area contributed by atoms with E-state index in [1.165, 1.54) is 36.3 Å². The predicted molar refractivity (Wildman–Crippen MR) is 77.2 cm³/mol. The number of carbonyl (C=O) groups excluding carboxylic acids is 2. The van der Waals surface area contributed by atoms with Crippen LogP contribution in [0.15, 0.2) is 29.2 Å². The minimum atomic E-state index is -3.41. The third-order valence-corrected chi connectivity index (χ3v) is 4.48. The summed E-state index contributed by atoms with van der Waals surface area (Å²) in [5.74, 6) is -0.989. The number of hydrogen-bond acceptors (Lipinski definition) is 6. The molecule has 0 radical (unpaired) electrons. The fourth-order valence-electron chi connectivity index (χ4n) is 2.20. The first-order valence-corrected chi connectivity index (χ1v) is 8.50. The molecular weight excluding hydrogens is 310 g/mol. The number of esters is 1. The quantitative estimate of drug-likeness (QED) is 0.732. The van der Waals surface area contributed by atoms with E-state index < -0.39 is 27.8 Å². The van der Waals surface area contributed by atoms with Gasteiger partial charge in [-0.3, -0.25) is 4.79 Å². The van der Waals surface area contributed by atoms with Crippen LogP contribution in [0.5, 0.6) is 0 Å². The lowest BCUT2D eigenvalue weighted by Gasteiger charge is -2.33. The minimum absolute atomic E-state index is 0.0567. The zero-order valence-corrected chi connectivity index (χ0v) is 13.1. The molecule has 0 bridgehead atoms. The molecule has 1 fully saturated rings. The smallest absolute Gasteiger partial charge is 0.331 e.